The summed E-state index contributed by atoms with van der Waals surface area (Å²) >= 11 is 0. The number of benzene rings is 1. The van der Waals surface area contributed by atoms with Crippen LogP contribution in [0.15, 0.2) is 24.3 Å². The number of nitrogens with zero attached hydrogens (tertiary/aromatic N) is 3. The van der Waals surface area contributed by atoms with Gasteiger partial charge >= 0.3 is 0 Å². The van der Waals surface area contributed by atoms with Crippen molar-refractivity contribution < 1.29 is 4.79 Å². The smallest absolute Gasteiger partial charge is 0.275 e. The van der Waals surface area contributed by atoms with Crippen molar-refractivity contribution in [3.05, 3.63) is 46.8 Å². The van der Waals surface area contributed by atoms with Crippen molar-refractivity contribution in [3.63, 3.8) is 0 Å². The summed E-state index contributed by atoms with van der Waals surface area (Å²) in [5.74, 6) is 0.0546. The van der Waals surface area contributed by atoms with Crippen molar-refractivity contribution in [3.8, 4) is 0 Å². The molecule has 2 aliphatic rings. The Morgan fingerprint density at radius 3 is 3.08 bits per heavy atom. The molecule has 0 spiro atoms. The fraction of sp³-hybridized carbons (Fsp3) is 0.474. The van der Waals surface area contributed by atoms with Gasteiger partial charge in [0.15, 0.2) is 5.69 Å². The molecule has 1 amide bonds. The highest BCUT2D eigenvalue weighted by Gasteiger charge is 2.34. The Labute approximate surface area is 148 Å². The fourth-order valence-electron chi connectivity index (χ4n) is 3.90. The minimum Gasteiger partial charge on any atom is -0.378 e. The lowest BCUT2D eigenvalue weighted by Gasteiger charge is -2.26. The van der Waals surface area contributed by atoms with E-state index in [4.69, 9.17) is 0 Å². The number of H-pyrrole nitrogens is 1. The van der Waals surface area contributed by atoms with Crippen LogP contribution in [0.1, 0.15) is 46.2 Å². The van der Waals surface area contributed by atoms with Crippen molar-refractivity contribution in [1.82, 2.24) is 20.4 Å². The van der Waals surface area contributed by atoms with E-state index in [0.717, 1.165) is 55.8 Å². The summed E-state index contributed by atoms with van der Waals surface area (Å²) in [6.07, 6.45) is 2.95. The van der Waals surface area contributed by atoms with Crippen LogP contribution in [0, 0.1) is 0 Å². The highest BCUT2D eigenvalue weighted by atomic mass is 16.2. The summed E-state index contributed by atoms with van der Waals surface area (Å²) in [6, 6.07) is 8.63. The van der Waals surface area contributed by atoms with E-state index in [-0.39, 0.29) is 11.9 Å². The molecular formula is C19H25N5O. The third kappa shape index (κ3) is 2.91. The summed E-state index contributed by atoms with van der Waals surface area (Å²) in [5.41, 5.74) is 5.12. The Bertz CT molecular complexity index is 782. The molecule has 6 nitrogen and oxygen atoms in total. The number of fused-ring (bicyclic) bond motifs is 1. The SMILES string of the molecule is CN(C)c1cccc(C2CCCN2C(=O)c2n[nH]c3c2CNCC3)c1. The molecule has 0 saturated carbocycles. The first-order valence-electron chi connectivity index (χ1n) is 9.00. The van der Waals surface area contributed by atoms with Crippen molar-refractivity contribution in [1.29, 1.82) is 0 Å². The molecule has 1 saturated heterocycles. The minimum absolute atomic E-state index is 0.0546. The molecule has 0 bridgehead atoms. The summed E-state index contributed by atoms with van der Waals surface area (Å²) in [5, 5.41) is 10.8. The number of nitrogens with one attached hydrogen (secondary N) is 2. The van der Waals surface area contributed by atoms with Gasteiger partial charge in [0.25, 0.3) is 5.91 Å². The summed E-state index contributed by atoms with van der Waals surface area (Å²) in [6.45, 7) is 2.46. The van der Waals surface area contributed by atoms with Gasteiger partial charge < -0.3 is 15.1 Å². The lowest BCUT2D eigenvalue weighted by atomic mass is 10.0. The molecule has 132 valence electrons. The summed E-state index contributed by atoms with van der Waals surface area (Å²) < 4.78 is 0. The van der Waals surface area contributed by atoms with Gasteiger partial charge in [0.1, 0.15) is 0 Å². The number of rotatable bonds is 3. The molecule has 2 N–H and O–H groups in total. The van der Waals surface area contributed by atoms with E-state index in [1.807, 2.05) is 19.0 Å². The minimum atomic E-state index is 0.0546. The standard InChI is InChI=1S/C19H25N5O/c1-23(2)14-6-3-5-13(11-14)17-7-4-10-24(17)19(25)18-15-12-20-9-8-16(15)21-22-18/h3,5-6,11,17,20H,4,7-10,12H2,1-2H3,(H,21,22). The van der Waals surface area contributed by atoms with Crippen LogP contribution >= 0.6 is 0 Å². The number of anilines is 1. The lowest BCUT2D eigenvalue weighted by Crippen LogP contribution is -2.33. The first-order chi connectivity index (χ1) is 12.1. The Hall–Kier alpha value is -2.34. The Balaban J connectivity index is 1.62. The second-order valence-corrected chi connectivity index (χ2v) is 7.10. The molecular weight excluding hydrogens is 314 g/mol. The fourth-order valence-corrected chi connectivity index (χ4v) is 3.90. The van der Waals surface area contributed by atoms with E-state index in [1.54, 1.807) is 0 Å². The third-order valence-electron chi connectivity index (χ3n) is 5.29. The van der Waals surface area contributed by atoms with E-state index in [9.17, 15) is 4.79 Å². The van der Waals surface area contributed by atoms with Crippen LogP contribution in [0.3, 0.4) is 0 Å². The molecule has 1 atom stereocenters. The van der Waals surface area contributed by atoms with Gasteiger partial charge in [-0.25, -0.2) is 0 Å². The number of amides is 1. The number of likely N-dealkylation sites (tertiary alicyclic amines) is 1. The molecule has 2 aromatic rings. The first-order valence-corrected chi connectivity index (χ1v) is 9.00. The Morgan fingerprint density at radius 1 is 1.36 bits per heavy atom. The second kappa shape index (κ2) is 6.52. The molecule has 4 rings (SSSR count). The van der Waals surface area contributed by atoms with Crippen LogP contribution in [0.25, 0.3) is 0 Å². The monoisotopic (exact) mass is 339 g/mol. The number of carbonyl (C=O) groups excluding carboxylic acids is 1. The second-order valence-electron chi connectivity index (χ2n) is 7.10. The molecule has 25 heavy (non-hydrogen) atoms. The maximum Gasteiger partial charge on any atom is 0.275 e. The molecule has 1 aromatic carbocycles. The maximum atomic E-state index is 13.2. The van der Waals surface area contributed by atoms with Gasteiger partial charge in [-0.2, -0.15) is 5.10 Å². The summed E-state index contributed by atoms with van der Waals surface area (Å²) in [4.78, 5) is 17.3. The van der Waals surface area contributed by atoms with Crippen LogP contribution in [-0.2, 0) is 13.0 Å². The quantitative estimate of drug-likeness (QED) is 0.899. The van der Waals surface area contributed by atoms with Crippen molar-refractivity contribution in [2.24, 2.45) is 0 Å². The van der Waals surface area contributed by atoms with Gasteiger partial charge in [0.2, 0.25) is 0 Å². The van der Waals surface area contributed by atoms with E-state index in [0.29, 0.717) is 5.69 Å². The normalized spacial score (nSPS) is 19.8. The van der Waals surface area contributed by atoms with Crippen molar-refractivity contribution in [2.45, 2.75) is 31.8 Å². The Kier molecular flexibility index (Phi) is 4.21. The first kappa shape index (κ1) is 16.1. The summed E-state index contributed by atoms with van der Waals surface area (Å²) in [7, 11) is 4.08. The predicted octanol–water partition coefficient (Wildman–Crippen LogP) is 2.10. The van der Waals surface area contributed by atoms with E-state index >= 15 is 0 Å². The van der Waals surface area contributed by atoms with Gasteiger partial charge in [-0.15, -0.1) is 0 Å². The molecule has 3 heterocycles. The molecule has 1 aromatic heterocycles. The van der Waals surface area contributed by atoms with E-state index < -0.39 is 0 Å². The van der Waals surface area contributed by atoms with E-state index in [2.05, 4.69) is 44.7 Å². The van der Waals surface area contributed by atoms with Crippen LogP contribution in [-0.4, -0.2) is 48.2 Å². The molecule has 0 radical (unpaired) electrons. The largest absolute Gasteiger partial charge is 0.378 e. The van der Waals surface area contributed by atoms with E-state index in [1.165, 1.54) is 5.56 Å². The van der Waals surface area contributed by atoms with Gasteiger partial charge in [0.05, 0.1) is 6.04 Å². The van der Waals surface area contributed by atoms with Gasteiger partial charge in [-0.3, -0.25) is 9.89 Å². The number of hydrogen-bond acceptors (Lipinski definition) is 4. The topological polar surface area (TPSA) is 64.3 Å². The van der Waals surface area contributed by atoms with Gasteiger partial charge in [-0.1, -0.05) is 12.1 Å². The number of carbonyl (C=O) groups is 1. The Morgan fingerprint density at radius 2 is 2.24 bits per heavy atom. The molecule has 0 aliphatic carbocycles. The zero-order chi connectivity index (χ0) is 17.4. The van der Waals surface area contributed by atoms with Crippen LogP contribution in [0.5, 0.6) is 0 Å². The zero-order valence-corrected chi connectivity index (χ0v) is 14.9. The highest BCUT2D eigenvalue weighted by Crippen LogP contribution is 2.35. The lowest BCUT2D eigenvalue weighted by molar-refractivity contribution is 0.0728. The molecule has 2 aliphatic heterocycles. The number of hydrogen-bond donors (Lipinski definition) is 2. The predicted molar refractivity (Wildman–Crippen MR) is 97.8 cm³/mol. The molecule has 6 heteroatoms. The molecule has 1 unspecified atom stereocenters. The number of aromatic amines is 1. The van der Waals surface area contributed by atoms with Gasteiger partial charge in [0, 0.05) is 57.1 Å². The molecule has 1 fully saturated rings. The third-order valence-corrected chi connectivity index (χ3v) is 5.29. The average Bonchev–Trinajstić information content (AvgIpc) is 3.28. The van der Waals surface area contributed by atoms with Crippen LogP contribution < -0.4 is 10.2 Å². The van der Waals surface area contributed by atoms with Crippen LogP contribution in [0.4, 0.5) is 5.69 Å². The zero-order valence-electron chi connectivity index (χ0n) is 14.9. The van der Waals surface area contributed by atoms with Crippen molar-refractivity contribution >= 4 is 11.6 Å². The maximum absolute atomic E-state index is 13.2. The van der Waals surface area contributed by atoms with Crippen molar-refractivity contribution in [2.75, 3.05) is 32.1 Å². The van der Waals surface area contributed by atoms with Gasteiger partial charge in [-0.05, 0) is 30.5 Å². The van der Waals surface area contributed by atoms with Crippen LogP contribution in [0.2, 0.25) is 0 Å². The highest BCUT2D eigenvalue weighted by molar-refractivity contribution is 5.94. The average molecular weight is 339 g/mol. The number of aromatic nitrogens is 2.